The number of esters is 1. The van der Waals surface area contributed by atoms with Gasteiger partial charge in [-0.3, -0.25) is 9.69 Å². The van der Waals surface area contributed by atoms with E-state index in [1.165, 1.54) is 19.3 Å². The minimum Gasteiger partial charge on any atom is -0.450 e. The zero-order valence-corrected chi connectivity index (χ0v) is 18.1. The number of piperidine rings is 2. The van der Waals surface area contributed by atoms with Gasteiger partial charge in [-0.25, -0.2) is 4.79 Å². The third-order valence-electron chi connectivity index (χ3n) is 7.02. The van der Waals surface area contributed by atoms with Crippen LogP contribution in [0.25, 0.3) is 0 Å². The second-order valence-electron chi connectivity index (χ2n) is 8.79. The summed E-state index contributed by atoms with van der Waals surface area (Å²) in [7, 11) is 0. The standard InChI is InChI=1S/C22H37N3O3/c1-5-24-14-10-22(11-15-24)19(18(4)21(27)28-22)20(26)23-12-7-13-25-16(2)8-6-9-17(25)3/h16-17H,5-15H2,1-4H3,(H,23,26)/t16-,17-/m1/s1. The molecule has 3 rings (SSSR count). The highest BCUT2D eigenvalue weighted by Gasteiger charge is 2.50. The van der Waals surface area contributed by atoms with Gasteiger partial charge in [-0.1, -0.05) is 13.3 Å². The number of hydrogen-bond acceptors (Lipinski definition) is 5. The summed E-state index contributed by atoms with van der Waals surface area (Å²) in [6.45, 7) is 12.8. The maximum Gasteiger partial charge on any atom is 0.335 e. The fourth-order valence-electron chi connectivity index (χ4n) is 5.18. The van der Waals surface area contributed by atoms with Gasteiger partial charge in [0.05, 0.1) is 5.57 Å². The van der Waals surface area contributed by atoms with Crippen molar-refractivity contribution in [2.45, 2.75) is 83.9 Å². The van der Waals surface area contributed by atoms with Crippen molar-refractivity contribution in [3.8, 4) is 0 Å². The van der Waals surface area contributed by atoms with Crippen molar-refractivity contribution in [1.82, 2.24) is 15.1 Å². The van der Waals surface area contributed by atoms with E-state index in [0.717, 1.165) is 32.6 Å². The van der Waals surface area contributed by atoms with E-state index >= 15 is 0 Å². The molecule has 2 fully saturated rings. The number of carbonyl (C=O) groups excluding carboxylic acids is 2. The van der Waals surface area contributed by atoms with Crippen molar-refractivity contribution in [2.75, 3.05) is 32.7 Å². The van der Waals surface area contributed by atoms with Gasteiger partial charge in [0, 0.05) is 56.7 Å². The SMILES string of the molecule is CCN1CCC2(CC1)OC(=O)C(C)=C2C(=O)NCCCN1[C@H](C)CCC[C@H]1C. The molecule has 6 nitrogen and oxygen atoms in total. The number of nitrogens with zero attached hydrogens (tertiary/aromatic N) is 2. The molecule has 0 aromatic heterocycles. The molecule has 1 amide bonds. The van der Waals surface area contributed by atoms with Crippen LogP contribution >= 0.6 is 0 Å². The molecule has 28 heavy (non-hydrogen) atoms. The largest absolute Gasteiger partial charge is 0.450 e. The highest BCUT2D eigenvalue weighted by Crippen LogP contribution is 2.41. The summed E-state index contributed by atoms with van der Waals surface area (Å²) in [5, 5.41) is 3.07. The fourth-order valence-corrected chi connectivity index (χ4v) is 5.18. The Morgan fingerprint density at radius 3 is 2.46 bits per heavy atom. The highest BCUT2D eigenvalue weighted by molar-refractivity contribution is 6.07. The summed E-state index contributed by atoms with van der Waals surface area (Å²) < 4.78 is 5.75. The van der Waals surface area contributed by atoms with Gasteiger partial charge in [-0.05, 0) is 46.6 Å². The van der Waals surface area contributed by atoms with Crippen LogP contribution in [-0.4, -0.2) is 72.1 Å². The van der Waals surface area contributed by atoms with Crippen molar-refractivity contribution in [3.05, 3.63) is 11.1 Å². The Kier molecular flexibility index (Phi) is 6.81. The lowest BCUT2D eigenvalue weighted by Crippen LogP contribution is -2.49. The van der Waals surface area contributed by atoms with Crippen LogP contribution in [0.4, 0.5) is 0 Å². The first-order valence-corrected chi connectivity index (χ1v) is 11.1. The van der Waals surface area contributed by atoms with Gasteiger partial charge in [0.2, 0.25) is 0 Å². The molecule has 3 aliphatic rings. The number of amides is 1. The van der Waals surface area contributed by atoms with E-state index in [1.807, 2.05) is 0 Å². The monoisotopic (exact) mass is 391 g/mol. The van der Waals surface area contributed by atoms with Gasteiger partial charge >= 0.3 is 5.97 Å². The van der Waals surface area contributed by atoms with Gasteiger partial charge in [-0.15, -0.1) is 0 Å². The first kappa shape index (κ1) is 21.3. The van der Waals surface area contributed by atoms with Crippen molar-refractivity contribution >= 4 is 11.9 Å². The number of nitrogens with one attached hydrogen (secondary N) is 1. The third-order valence-corrected chi connectivity index (χ3v) is 7.02. The Balaban J connectivity index is 1.55. The van der Waals surface area contributed by atoms with Gasteiger partial charge in [0.15, 0.2) is 0 Å². The number of carbonyl (C=O) groups is 2. The predicted octanol–water partition coefficient (Wildman–Crippen LogP) is 2.48. The average molecular weight is 392 g/mol. The number of rotatable bonds is 6. The molecule has 0 aromatic carbocycles. The Labute approximate surface area is 169 Å². The lowest BCUT2D eigenvalue weighted by atomic mass is 9.82. The summed E-state index contributed by atoms with van der Waals surface area (Å²) in [6.07, 6.45) is 6.18. The Morgan fingerprint density at radius 2 is 1.86 bits per heavy atom. The molecule has 0 aliphatic carbocycles. The van der Waals surface area contributed by atoms with Crippen LogP contribution in [0, 0.1) is 0 Å². The summed E-state index contributed by atoms with van der Waals surface area (Å²) in [5.74, 6) is -0.445. The molecule has 0 aromatic rings. The molecule has 3 aliphatic heterocycles. The zero-order valence-electron chi connectivity index (χ0n) is 18.1. The minimum atomic E-state index is -0.715. The smallest absolute Gasteiger partial charge is 0.335 e. The van der Waals surface area contributed by atoms with Crippen LogP contribution in [0.2, 0.25) is 0 Å². The van der Waals surface area contributed by atoms with E-state index in [9.17, 15) is 9.59 Å². The zero-order chi connectivity index (χ0) is 20.3. The lowest BCUT2D eigenvalue weighted by Gasteiger charge is -2.39. The van der Waals surface area contributed by atoms with Crippen LogP contribution in [0.15, 0.2) is 11.1 Å². The van der Waals surface area contributed by atoms with Crippen molar-refractivity contribution in [2.24, 2.45) is 0 Å². The van der Waals surface area contributed by atoms with Crippen LogP contribution in [0.1, 0.15) is 66.2 Å². The van der Waals surface area contributed by atoms with Crippen molar-refractivity contribution < 1.29 is 14.3 Å². The molecule has 1 spiro atoms. The summed E-state index contributed by atoms with van der Waals surface area (Å²) in [6, 6.07) is 1.24. The van der Waals surface area contributed by atoms with Crippen molar-refractivity contribution in [1.29, 1.82) is 0 Å². The summed E-state index contributed by atoms with van der Waals surface area (Å²) >= 11 is 0. The number of hydrogen-bond donors (Lipinski definition) is 1. The van der Waals surface area contributed by atoms with Crippen LogP contribution in [-0.2, 0) is 14.3 Å². The van der Waals surface area contributed by atoms with Gasteiger partial charge < -0.3 is 15.0 Å². The second kappa shape index (κ2) is 8.95. The minimum absolute atomic E-state index is 0.118. The molecule has 3 heterocycles. The molecule has 0 radical (unpaired) electrons. The number of likely N-dealkylation sites (tertiary alicyclic amines) is 2. The molecule has 1 N–H and O–H groups in total. The molecule has 2 atom stereocenters. The molecule has 158 valence electrons. The molecule has 0 unspecified atom stereocenters. The maximum atomic E-state index is 13.0. The Bertz CT molecular complexity index is 613. The van der Waals surface area contributed by atoms with Gasteiger partial charge in [0.1, 0.15) is 5.60 Å². The van der Waals surface area contributed by atoms with E-state index in [2.05, 4.69) is 35.9 Å². The first-order chi connectivity index (χ1) is 13.4. The van der Waals surface area contributed by atoms with E-state index in [0.29, 0.717) is 42.6 Å². The van der Waals surface area contributed by atoms with E-state index in [1.54, 1.807) is 6.92 Å². The number of ether oxygens (including phenoxy) is 1. The maximum absolute atomic E-state index is 13.0. The van der Waals surface area contributed by atoms with Crippen LogP contribution in [0.3, 0.4) is 0 Å². The Hall–Kier alpha value is -1.40. The Morgan fingerprint density at radius 1 is 1.21 bits per heavy atom. The lowest BCUT2D eigenvalue weighted by molar-refractivity contribution is -0.150. The highest BCUT2D eigenvalue weighted by atomic mass is 16.6. The van der Waals surface area contributed by atoms with Crippen molar-refractivity contribution in [3.63, 3.8) is 0 Å². The van der Waals surface area contributed by atoms with Gasteiger partial charge in [0.25, 0.3) is 5.91 Å². The third kappa shape index (κ3) is 4.28. The van der Waals surface area contributed by atoms with E-state index < -0.39 is 5.60 Å². The molecular formula is C22H37N3O3. The van der Waals surface area contributed by atoms with Gasteiger partial charge in [-0.2, -0.15) is 0 Å². The molecule has 2 saturated heterocycles. The molecule has 0 bridgehead atoms. The molecule has 6 heteroatoms. The topological polar surface area (TPSA) is 61.9 Å². The average Bonchev–Trinajstić information content (AvgIpc) is 2.91. The van der Waals surface area contributed by atoms with E-state index in [-0.39, 0.29) is 11.9 Å². The van der Waals surface area contributed by atoms with Crippen LogP contribution < -0.4 is 5.32 Å². The first-order valence-electron chi connectivity index (χ1n) is 11.1. The summed E-state index contributed by atoms with van der Waals surface area (Å²) in [5.41, 5.74) is 0.348. The fraction of sp³-hybridized carbons (Fsp3) is 0.818. The predicted molar refractivity (Wildman–Crippen MR) is 110 cm³/mol. The normalized spacial score (nSPS) is 28.6. The van der Waals surface area contributed by atoms with E-state index in [4.69, 9.17) is 4.74 Å². The second-order valence-corrected chi connectivity index (χ2v) is 8.79. The summed E-state index contributed by atoms with van der Waals surface area (Å²) in [4.78, 5) is 30.1. The quantitative estimate of drug-likeness (QED) is 0.557. The molecular weight excluding hydrogens is 354 g/mol. The van der Waals surface area contributed by atoms with Crippen LogP contribution in [0.5, 0.6) is 0 Å². The molecule has 0 saturated carbocycles.